The van der Waals surface area contributed by atoms with Crippen LogP contribution in [0.5, 0.6) is 0 Å². The molecule has 26 heavy (non-hydrogen) atoms. The summed E-state index contributed by atoms with van der Waals surface area (Å²) in [6, 6.07) is 14.7. The summed E-state index contributed by atoms with van der Waals surface area (Å²) in [6.45, 7) is 6.47. The summed E-state index contributed by atoms with van der Waals surface area (Å²) in [4.78, 5) is 0. The fourth-order valence-electron chi connectivity index (χ4n) is 3.52. The predicted molar refractivity (Wildman–Crippen MR) is 105 cm³/mol. The van der Waals surface area contributed by atoms with Crippen molar-refractivity contribution in [1.82, 2.24) is 5.32 Å². The van der Waals surface area contributed by atoms with E-state index in [9.17, 15) is 4.39 Å². The molecule has 0 saturated heterocycles. The van der Waals surface area contributed by atoms with Gasteiger partial charge >= 0.3 is 0 Å². The van der Waals surface area contributed by atoms with Crippen LogP contribution in [0.15, 0.2) is 48.5 Å². The third-order valence-corrected chi connectivity index (χ3v) is 4.89. The Morgan fingerprint density at radius 2 is 1.65 bits per heavy atom. The molecule has 0 aliphatic carbocycles. The molecule has 0 unspecified atom stereocenters. The Bertz CT molecular complexity index is 1090. The highest BCUT2D eigenvalue weighted by atomic mass is 19.1. The average Bonchev–Trinajstić information content (AvgIpc) is 2.85. The van der Waals surface area contributed by atoms with Gasteiger partial charge in [-0.1, -0.05) is 45.0 Å². The molecule has 3 aromatic rings. The van der Waals surface area contributed by atoms with E-state index in [1.807, 2.05) is 18.2 Å². The molecule has 0 bridgehead atoms. The Hall–Kier alpha value is -3.01. The van der Waals surface area contributed by atoms with E-state index in [2.05, 4.69) is 38.2 Å². The van der Waals surface area contributed by atoms with Crippen LogP contribution in [0.2, 0.25) is 0 Å². The molecule has 3 aromatic carbocycles. The average molecular weight is 345 g/mol. The molecular formula is C22H20FN3. The molecule has 130 valence electrons. The fourth-order valence-corrected chi connectivity index (χ4v) is 3.52. The molecule has 0 aromatic heterocycles. The topological polar surface area (TPSA) is 59.7 Å². The Morgan fingerprint density at radius 3 is 2.35 bits per heavy atom. The van der Waals surface area contributed by atoms with Crippen LogP contribution < -0.4 is 5.32 Å². The number of amidine groups is 2. The van der Waals surface area contributed by atoms with Crippen molar-refractivity contribution < 1.29 is 4.39 Å². The predicted octanol–water partition coefficient (Wildman–Crippen LogP) is 5.20. The van der Waals surface area contributed by atoms with E-state index in [1.165, 1.54) is 17.7 Å². The number of hydrogen-bond donors (Lipinski definition) is 3. The zero-order valence-corrected chi connectivity index (χ0v) is 15.0. The SMILES string of the molecule is CC(C)(C)c1ccc2cc3c(c(-c4cccc(F)c4)c2c1)C(=N)NC3=N. The van der Waals surface area contributed by atoms with Crippen molar-refractivity contribution in [3.05, 3.63) is 71.0 Å². The minimum atomic E-state index is -0.312. The highest BCUT2D eigenvalue weighted by Gasteiger charge is 2.27. The number of hydrogen-bond acceptors (Lipinski definition) is 2. The van der Waals surface area contributed by atoms with Gasteiger partial charge in [-0.15, -0.1) is 0 Å². The van der Waals surface area contributed by atoms with E-state index in [4.69, 9.17) is 10.8 Å². The van der Waals surface area contributed by atoms with Gasteiger partial charge in [-0.3, -0.25) is 10.8 Å². The van der Waals surface area contributed by atoms with Crippen LogP contribution in [0.1, 0.15) is 37.5 Å². The minimum absolute atomic E-state index is 0.0229. The summed E-state index contributed by atoms with van der Waals surface area (Å²) in [5, 5.41) is 21.2. The molecule has 0 fully saturated rings. The second-order valence-corrected chi connectivity index (χ2v) is 7.75. The van der Waals surface area contributed by atoms with Crippen LogP contribution in [0, 0.1) is 16.6 Å². The monoisotopic (exact) mass is 345 g/mol. The molecular weight excluding hydrogens is 325 g/mol. The normalized spacial score (nSPS) is 13.8. The largest absolute Gasteiger partial charge is 0.325 e. The first-order chi connectivity index (χ1) is 12.3. The zero-order valence-electron chi connectivity index (χ0n) is 15.0. The first-order valence-corrected chi connectivity index (χ1v) is 8.58. The van der Waals surface area contributed by atoms with Gasteiger partial charge in [-0.25, -0.2) is 4.39 Å². The third kappa shape index (κ3) is 2.49. The summed E-state index contributed by atoms with van der Waals surface area (Å²) in [5.74, 6) is 0.0876. The summed E-state index contributed by atoms with van der Waals surface area (Å²) in [6.07, 6.45) is 0. The third-order valence-electron chi connectivity index (χ3n) is 4.89. The molecule has 0 amide bonds. The van der Waals surface area contributed by atoms with Crippen LogP contribution in [0.25, 0.3) is 21.9 Å². The van der Waals surface area contributed by atoms with Gasteiger partial charge in [0.15, 0.2) is 0 Å². The van der Waals surface area contributed by atoms with Crippen LogP contribution in [0.3, 0.4) is 0 Å². The lowest BCUT2D eigenvalue weighted by Gasteiger charge is -2.21. The summed E-state index contributed by atoms with van der Waals surface area (Å²) < 4.78 is 13.9. The minimum Gasteiger partial charge on any atom is -0.325 e. The molecule has 0 spiro atoms. The number of benzene rings is 3. The van der Waals surface area contributed by atoms with E-state index in [0.717, 1.165) is 21.9 Å². The number of rotatable bonds is 1. The molecule has 1 aliphatic heterocycles. The van der Waals surface area contributed by atoms with Crippen LogP contribution in [-0.4, -0.2) is 11.7 Å². The van der Waals surface area contributed by atoms with Crippen LogP contribution >= 0.6 is 0 Å². The van der Waals surface area contributed by atoms with E-state index in [-0.39, 0.29) is 22.9 Å². The van der Waals surface area contributed by atoms with Crippen molar-refractivity contribution in [2.24, 2.45) is 0 Å². The molecule has 3 N–H and O–H groups in total. The summed E-state index contributed by atoms with van der Waals surface area (Å²) in [5.41, 5.74) is 4.03. The van der Waals surface area contributed by atoms with Crippen molar-refractivity contribution in [3.63, 3.8) is 0 Å². The van der Waals surface area contributed by atoms with Gasteiger partial charge in [0.1, 0.15) is 17.5 Å². The first kappa shape index (κ1) is 16.5. The van der Waals surface area contributed by atoms with Crippen molar-refractivity contribution >= 4 is 22.4 Å². The van der Waals surface area contributed by atoms with E-state index in [0.29, 0.717) is 11.1 Å². The quantitative estimate of drug-likeness (QED) is 0.558. The van der Waals surface area contributed by atoms with Gasteiger partial charge < -0.3 is 5.32 Å². The van der Waals surface area contributed by atoms with Gasteiger partial charge in [0, 0.05) is 16.7 Å². The molecule has 1 heterocycles. The molecule has 0 atom stereocenters. The number of fused-ring (bicyclic) bond motifs is 2. The Morgan fingerprint density at radius 1 is 0.885 bits per heavy atom. The maximum absolute atomic E-state index is 13.9. The van der Waals surface area contributed by atoms with Crippen molar-refractivity contribution in [3.8, 4) is 11.1 Å². The number of halogens is 1. The smallest absolute Gasteiger partial charge is 0.132 e. The maximum atomic E-state index is 13.9. The van der Waals surface area contributed by atoms with Crippen LogP contribution in [0.4, 0.5) is 4.39 Å². The molecule has 3 nitrogen and oxygen atoms in total. The second kappa shape index (κ2) is 5.49. The molecule has 4 heteroatoms. The molecule has 4 rings (SSSR count). The summed E-state index contributed by atoms with van der Waals surface area (Å²) in [7, 11) is 0. The lowest BCUT2D eigenvalue weighted by molar-refractivity contribution is 0.591. The standard InChI is InChI=1S/C22H20FN3/c1-22(2,3)14-8-7-12-10-17-19(21(25)26-20(17)24)18(16(12)11-14)13-5-4-6-15(23)9-13/h4-11H,1-3H3,(H3,24,25,26). The Kier molecular flexibility index (Phi) is 3.48. The molecule has 1 aliphatic rings. The van der Waals surface area contributed by atoms with Gasteiger partial charge in [0.05, 0.1) is 0 Å². The molecule has 0 radical (unpaired) electrons. The highest BCUT2D eigenvalue weighted by molar-refractivity contribution is 6.28. The van der Waals surface area contributed by atoms with E-state index >= 15 is 0 Å². The van der Waals surface area contributed by atoms with Crippen molar-refractivity contribution in [1.29, 1.82) is 10.8 Å². The Labute approximate surface area is 151 Å². The van der Waals surface area contributed by atoms with Crippen molar-refractivity contribution in [2.45, 2.75) is 26.2 Å². The summed E-state index contributed by atoms with van der Waals surface area (Å²) >= 11 is 0. The highest BCUT2D eigenvalue weighted by Crippen LogP contribution is 2.38. The van der Waals surface area contributed by atoms with Gasteiger partial charge in [-0.05, 0) is 51.6 Å². The molecule has 0 saturated carbocycles. The maximum Gasteiger partial charge on any atom is 0.132 e. The number of nitrogens with one attached hydrogen (secondary N) is 3. The van der Waals surface area contributed by atoms with Crippen molar-refractivity contribution in [2.75, 3.05) is 0 Å². The van der Waals surface area contributed by atoms with E-state index in [1.54, 1.807) is 6.07 Å². The fraction of sp³-hybridized carbons (Fsp3) is 0.182. The van der Waals surface area contributed by atoms with E-state index < -0.39 is 0 Å². The van der Waals surface area contributed by atoms with Gasteiger partial charge in [0.2, 0.25) is 0 Å². The first-order valence-electron chi connectivity index (χ1n) is 8.58. The second-order valence-electron chi connectivity index (χ2n) is 7.75. The van der Waals surface area contributed by atoms with Crippen LogP contribution in [-0.2, 0) is 5.41 Å². The van der Waals surface area contributed by atoms with Gasteiger partial charge in [-0.2, -0.15) is 0 Å². The lowest BCUT2D eigenvalue weighted by Crippen LogP contribution is -2.20. The van der Waals surface area contributed by atoms with Gasteiger partial charge in [0.25, 0.3) is 0 Å². The Balaban J connectivity index is 2.16. The lowest BCUT2D eigenvalue weighted by atomic mass is 9.83. The zero-order chi connectivity index (χ0) is 18.6.